The summed E-state index contributed by atoms with van der Waals surface area (Å²) in [6, 6.07) is 0. The number of nitrogens with two attached hydrogens (primary N) is 2. The summed E-state index contributed by atoms with van der Waals surface area (Å²) in [6.07, 6.45) is 0. The van der Waals surface area contributed by atoms with Gasteiger partial charge >= 0.3 is 5.97 Å². The molecule has 0 spiro atoms. The molecule has 1 aromatic rings. The first kappa shape index (κ1) is 16.8. The molecule has 20 heavy (non-hydrogen) atoms. The number of primary amides is 1. The third-order valence-corrected chi connectivity index (χ3v) is 3.01. The second-order valence-corrected chi connectivity index (χ2v) is 6.08. The maximum absolute atomic E-state index is 12.0. The van der Waals surface area contributed by atoms with Gasteiger partial charge in [0.2, 0.25) is 3.79 Å². The fourth-order valence-corrected chi connectivity index (χ4v) is 2.11. The number of rotatable bonds is 3. The SMILES string of the molecule is CCOC(=O)c1c(C(Cl)(Cl)Cl)nc(N)c(C(N)=O)c1C. The van der Waals surface area contributed by atoms with E-state index in [4.69, 9.17) is 51.0 Å². The van der Waals surface area contributed by atoms with Crippen molar-refractivity contribution in [1.29, 1.82) is 0 Å². The van der Waals surface area contributed by atoms with Crippen LogP contribution in [-0.4, -0.2) is 23.5 Å². The number of aromatic nitrogens is 1. The monoisotopic (exact) mass is 339 g/mol. The minimum Gasteiger partial charge on any atom is -0.462 e. The van der Waals surface area contributed by atoms with Crippen LogP contribution < -0.4 is 11.5 Å². The summed E-state index contributed by atoms with van der Waals surface area (Å²) in [5.74, 6) is -1.83. The number of esters is 1. The summed E-state index contributed by atoms with van der Waals surface area (Å²) in [4.78, 5) is 27.2. The van der Waals surface area contributed by atoms with Gasteiger partial charge in [0.15, 0.2) is 0 Å². The van der Waals surface area contributed by atoms with E-state index in [1.165, 1.54) is 6.92 Å². The highest BCUT2D eigenvalue weighted by Crippen LogP contribution is 2.41. The number of pyridine rings is 1. The summed E-state index contributed by atoms with van der Waals surface area (Å²) in [7, 11) is 0. The number of amides is 1. The third kappa shape index (κ3) is 3.26. The quantitative estimate of drug-likeness (QED) is 0.647. The van der Waals surface area contributed by atoms with Crippen LogP contribution >= 0.6 is 34.8 Å². The Morgan fingerprint density at radius 1 is 1.30 bits per heavy atom. The first-order chi connectivity index (χ1) is 9.11. The van der Waals surface area contributed by atoms with Gasteiger partial charge in [-0.2, -0.15) is 0 Å². The first-order valence-electron chi connectivity index (χ1n) is 5.45. The molecule has 0 fully saturated rings. The average molecular weight is 341 g/mol. The molecule has 0 saturated carbocycles. The fourth-order valence-electron chi connectivity index (χ4n) is 1.70. The van der Waals surface area contributed by atoms with E-state index >= 15 is 0 Å². The van der Waals surface area contributed by atoms with Crippen LogP contribution in [-0.2, 0) is 8.53 Å². The maximum atomic E-state index is 12.0. The lowest BCUT2D eigenvalue weighted by atomic mass is 10.0. The number of hydrogen-bond acceptors (Lipinski definition) is 5. The van der Waals surface area contributed by atoms with Gasteiger partial charge in [0.25, 0.3) is 5.91 Å². The molecule has 0 aliphatic heterocycles. The summed E-state index contributed by atoms with van der Waals surface area (Å²) in [5, 5.41) is 0. The van der Waals surface area contributed by atoms with Gasteiger partial charge in [0, 0.05) is 0 Å². The van der Waals surface area contributed by atoms with Crippen LogP contribution in [0.4, 0.5) is 5.82 Å². The molecular weight excluding hydrogens is 328 g/mol. The van der Waals surface area contributed by atoms with Gasteiger partial charge in [-0.1, -0.05) is 34.8 Å². The smallest absolute Gasteiger partial charge is 0.340 e. The standard InChI is InChI=1S/C11H12Cl3N3O3/c1-3-20-10(19)5-4(2)6(9(16)18)8(15)17-7(5)11(12,13)14/h3H2,1-2H3,(H2,15,17)(H2,16,18). The molecule has 1 rings (SSSR count). The van der Waals surface area contributed by atoms with Crippen molar-refractivity contribution in [1.82, 2.24) is 4.98 Å². The molecule has 0 unspecified atom stereocenters. The number of nitrogens with zero attached hydrogens (tertiary/aromatic N) is 1. The number of halogens is 3. The van der Waals surface area contributed by atoms with Crippen LogP contribution in [0.2, 0.25) is 0 Å². The Bertz CT molecular complexity index is 570. The van der Waals surface area contributed by atoms with Crippen LogP contribution in [0.25, 0.3) is 0 Å². The fraction of sp³-hybridized carbons (Fsp3) is 0.364. The van der Waals surface area contributed by atoms with Crippen molar-refractivity contribution in [2.24, 2.45) is 5.73 Å². The Morgan fingerprint density at radius 2 is 1.85 bits per heavy atom. The van der Waals surface area contributed by atoms with Crippen LogP contribution in [0.3, 0.4) is 0 Å². The molecular formula is C11H12Cl3N3O3. The molecule has 1 amide bonds. The van der Waals surface area contributed by atoms with Crippen molar-refractivity contribution in [2.75, 3.05) is 12.3 Å². The highest BCUT2D eigenvalue weighted by molar-refractivity contribution is 6.66. The lowest BCUT2D eigenvalue weighted by Gasteiger charge is -2.19. The van der Waals surface area contributed by atoms with Crippen molar-refractivity contribution >= 4 is 52.5 Å². The van der Waals surface area contributed by atoms with Crippen molar-refractivity contribution in [2.45, 2.75) is 17.6 Å². The Balaban J connectivity index is 3.70. The molecule has 0 radical (unpaired) electrons. The molecule has 0 bridgehead atoms. The molecule has 0 atom stereocenters. The van der Waals surface area contributed by atoms with Crippen molar-refractivity contribution in [3.8, 4) is 0 Å². The van der Waals surface area contributed by atoms with Gasteiger partial charge in [0.1, 0.15) is 11.5 Å². The Kier molecular flexibility index (Phi) is 5.07. The first-order valence-corrected chi connectivity index (χ1v) is 6.58. The zero-order chi connectivity index (χ0) is 15.7. The summed E-state index contributed by atoms with van der Waals surface area (Å²) < 4.78 is 2.87. The van der Waals surface area contributed by atoms with Gasteiger partial charge in [-0.05, 0) is 19.4 Å². The van der Waals surface area contributed by atoms with Gasteiger partial charge in [-0.3, -0.25) is 4.79 Å². The number of alkyl halides is 3. The molecule has 9 heteroatoms. The number of nitrogen functional groups attached to an aromatic ring is 1. The second kappa shape index (κ2) is 6.03. The predicted octanol–water partition coefficient (Wildman–Crippen LogP) is 2.07. The van der Waals surface area contributed by atoms with E-state index in [1.807, 2.05) is 0 Å². The van der Waals surface area contributed by atoms with Gasteiger partial charge < -0.3 is 16.2 Å². The zero-order valence-corrected chi connectivity index (χ0v) is 12.9. The Hall–Kier alpha value is -1.24. The predicted molar refractivity (Wildman–Crippen MR) is 77.1 cm³/mol. The van der Waals surface area contributed by atoms with Crippen molar-refractivity contribution in [3.05, 3.63) is 22.4 Å². The highest BCUT2D eigenvalue weighted by Gasteiger charge is 2.35. The van der Waals surface area contributed by atoms with E-state index in [0.29, 0.717) is 0 Å². The average Bonchev–Trinajstić information content (AvgIpc) is 2.26. The maximum Gasteiger partial charge on any atom is 0.340 e. The van der Waals surface area contributed by atoms with Crippen molar-refractivity contribution in [3.63, 3.8) is 0 Å². The Morgan fingerprint density at radius 3 is 2.25 bits per heavy atom. The number of hydrogen-bond donors (Lipinski definition) is 2. The molecule has 0 saturated heterocycles. The van der Waals surface area contributed by atoms with Gasteiger partial charge in [-0.25, -0.2) is 9.78 Å². The van der Waals surface area contributed by atoms with Crippen LogP contribution in [0.15, 0.2) is 0 Å². The minimum atomic E-state index is -2.00. The lowest BCUT2D eigenvalue weighted by Crippen LogP contribution is -2.24. The highest BCUT2D eigenvalue weighted by atomic mass is 35.6. The normalized spacial score (nSPS) is 11.2. The van der Waals surface area contributed by atoms with E-state index in [9.17, 15) is 9.59 Å². The molecule has 0 aliphatic rings. The van der Waals surface area contributed by atoms with Crippen molar-refractivity contribution < 1.29 is 14.3 Å². The summed E-state index contributed by atoms with van der Waals surface area (Å²) >= 11 is 17.3. The molecule has 110 valence electrons. The number of ether oxygens (including phenoxy) is 1. The molecule has 1 aromatic heterocycles. The van der Waals surface area contributed by atoms with E-state index in [0.717, 1.165) is 0 Å². The largest absolute Gasteiger partial charge is 0.462 e. The number of anilines is 1. The molecule has 6 nitrogen and oxygen atoms in total. The summed E-state index contributed by atoms with van der Waals surface area (Å²) in [6.45, 7) is 3.17. The number of carbonyl (C=O) groups is 2. The minimum absolute atomic E-state index is 0.105. The van der Waals surface area contributed by atoms with Gasteiger partial charge in [0.05, 0.1) is 17.7 Å². The van der Waals surface area contributed by atoms with Crippen LogP contribution in [0, 0.1) is 6.92 Å². The summed E-state index contributed by atoms with van der Waals surface area (Å²) in [5.41, 5.74) is 10.5. The molecule has 4 N–H and O–H groups in total. The second-order valence-electron chi connectivity index (χ2n) is 3.80. The van der Waals surface area contributed by atoms with Gasteiger partial charge in [-0.15, -0.1) is 0 Å². The van der Waals surface area contributed by atoms with Crippen LogP contribution in [0.5, 0.6) is 0 Å². The topological polar surface area (TPSA) is 108 Å². The molecule has 0 aliphatic carbocycles. The molecule has 0 aromatic carbocycles. The molecule has 1 heterocycles. The Labute approximate surface area is 130 Å². The van der Waals surface area contributed by atoms with E-state index in [2.05, 4.69) is 4.98 Å². The zero-order valence-electron chi connectivity index (χ0n) is 10.7. The van der Waals surface area contributed by atoms with E-state index in [1.54, 1.807) is 6.92 Å². The lowest BCUT2D eigenvalue weighted by molar-refractivity contribution is 0.0523. The number of carbonyl (C=O) groups excluding carboxylic acids is 2. The van der Waals surface area contributed by atoms with E-state index < -0.39 is 15.7 Å². The third-order valence-electron chi connectivity index (χ3n) is 2.47. The van der Waals surface area contributed by atoms with Crippen LogP contribution in [0.1, 0.15) is 38.9 Å². The van der Waals surface area contributed by atoms with E-state index in [-0.39, 0.29) is 34.8 Å².